The Morgan fingerprint density at radius 2 is 2.03 bits per heavy atom. The van der Waals surface area contributed by atoms with Crippen molar-refractivity contribution in [2.75, 3.05) is 31.8 Å². The lowest BCUT2D eigenvalue weighted by atomic mass is 9.99. The van der Waals surface area contributed by atoms with Crippen LogP contribution in [0.15, 0.2) is 53.5 Å². The summed E-state index contributed by atoms with van der Waals surface area (Å²) in [6.07, 6.45) is 2.58. The summed E-state index contributed by atoms with van der Waals surface area (Å²) >= 11 is 6.17. The Morgan fingerprint density at radius 1 is 1.18 bits per heavy atom. The first kappa shape index (κ1) is 21.2. The van der Waals surface area contributed by atoms with Crippen LogP contribution in [0.5, 0.6) is 5.75 Å². The Hall–Kier alpha value is -3.62. The summed E-state index contributed by atoms with van der Waals surface area (Å²) in [5.41, 5.74) is 10.4. The van der Waals surface area contributed by atoms with Gasteiger partial charge in [0.1, 0.15) is 5.75 Å². The third-order valence-electron chi connectivity index (χ3n) is 5.83. The summed E-state index contributed by atoms with van der Waals surface area (Å²) in [7, 11) is 3.74. The van der Waals surface area contributed by atoms with Crippen molar-refractivity contribution in [3.8, 4) is 11.4 Å². The molecular weight excluding hydrogens is 440 g/mol. The van der Waals surface area contributed by atoms with Gasteiger partial charge in [-0.15, -0.1) is 0 Å². The number of halogens is 1. The third-order valence-corrected chi connectivity index (χ3v) is 6.06. The minimum atomic E-state index is -0.304. The summed E-state index contributed by atoms with van der Waals surface area (Å²) in [6, 6.07) is 12.5. The van der Waals surface area contributed by atoms with Gasteiger partial charge in [-0.2, -0.15) is 4.98 Å². The predicted molar refractivity (Wildman–Crippen MR) is 131 cm³/mol. The first-order valence-electron chi connectivity index (χ1n) is 10.5. The number of benzene rings is 2. The average Bonchev–Trinajstić information content (AvgIpc) is 2.78. The van der Waals surface area contributed by atoms with Gasteiger partial charge in [0.15, 0.2) is 5.65 Å². The molecule has 0 bridgehead atoms. The molecule has 5 rings (SSSR count). The quantitative estimate of drug-likeness (QED) is 0.476. The van der Waals surface area contributed by atoms with Crippen molar-refractivity contribution in [2.24, 2.45) is 0 Å². The maximum Gasteiger partial charge on any atom is 0.258 e. The molecule has 1 aliphatic rings. The second-order valence-electron chi connectivity index (χ2n) is 8.12. The molecular formula is C24H23ClN6O2. The molecule has 0 saturated heterocycles. The fraction of sp³-hybridized carbons (Fsp3) is 0.208. The van der Waals surface area contributed by atoms with E-state index in [4.69, 9.17) is 22.1 Å². The van der Waals surface area contributed by atoms with Crippen LogP contribution < -0.4 is 21.3 Å². The van der Waals surface area contributed by atoms with Gasteiger partial charge in [-0.3, -0.25) is 9.36 Å². The number of hydrogen-bond acceptors (Lipinski definition) is 7. The highest BCUT2D eigenvalue weighted by Crippen LogP contribution is 2.33. The van der Waals surface area contributed by atoms with E-state index in [0.717, 1.165) is 25.2 Å². The zero-order valence-corrected chi connectivity index (χ0v) is 19.1. The summed E-state index contributed by atoms with van der Waals surface area (Å²) in [4.78, 5) is 24.2. The van der Waals surface area contributed by atoms with Gasteiger partial charge in [-0.05, 0) is 54.9 Å². The number of ether oxygens (including phenoxy) is 1. The molecule has 8 nitrogen and oxygen atoms in total. The summed E-state index contributed by atoms with van der Waals surface area (Å²) in [6.45, 7) is 1.87. The molecule has 0 fully saturated rings. The Bertz CT molecular complexity index is 1430. The van der Waals surface area contributed by atoms with E-state index in [0.29, 0.717) is 39.1 Å². The number of nitrogens with zero attached hydrogens (tertiary/aromatic N) is 4. The van der Waals surface area contributed by atoms with Gasteiger partial charge in [0.2, 0.25) is 5.95 Å². The molecule has 33 heavy (non-hydrogen) atoms. The molecule has 1 aliphatic heterocycles. The van der Waals surface area contributed by atoms with Gasteiger partial charge in [-0.25, -0.2) is 4.98 Å². The smallest absolute Gasteiger partial charge is 0.258 e. The van der Waals surface area contributed by atoms with Crippen molar-refractivity contribution < 1.29 is 4.74 Å². The van der Waals surface area contributed by atoms with E-state index in [1.54, 1.807) is 37.6 Å². The van der Waals surface area contributed by atoms with Crippen LogP contribution in [0.1, 0.15) is 11.1 Å². The second kappa shape index (κ2) is 8.38. The maximum atomic E-state index is 12.9. The van der Waals surface area contributed by atoms with E-state index >= 15 is 0 Å². The highest BCUT2D eigenvalue weighted by molar-refractivity contribution is 6.30. The number of nitrogens with two attached hydrogens (primary N) is 1. The Morgan fingerprint density at radius 3 is 2.82 bits per heavy atom. The van der Waals surface area contributed by atoms with Crippen LogP contribution in [-0.2, 0) is 13.0 Å². The van der Waals surface area contributed by atoms with Crippen LogP contribution in [0, 0.1) is 0 Å². The van der Waals surface area contributed by atoms with Gasteiger partial charge >= 0.3 is 0 Å². The van der Waals surface area contributed by atoms with Crippen LogP contribution in [0.3, 0.4) is 0 Å². The predicted octanol–water partition coefficient (Wildman–Crippen LogP) is 3.76. The zero-order valence-electron chi connectivity index (χ0n) is 18.3. The van der Waals surface area contributed by atoms with Crippen molar-refractivity contribution in [2.45, 2.75) is 13.0 Å². The van der Waals surface area contributed by atoms with Crippen LogP contribution >= 0.6 is 11.6 Å². The molecule has 0 unspecified atom stereocenters. The van der Waals surface area contributed by atoms with E-state index in [2.05, 4.69) is 39.4 Å². The van der Waals surface area contributed by atoms with E-state index in [9.17, 15) is 4.79 Å². The number of aromatic nitrogens is 3. The number of nitrogens with one attached hydrogen (secondary N) is 1. The standard InChI is InChI=1S/C24H23ClN6O2/c1-30-7-6-14-9-21(33-2)20(8-15(14)13-30)28-24-27-12-18-19(26)11-22(32)31(23(18)29-24)17-5-3-4-16(25)10-17/h3-5,8-12H,6-7,13,26H2,1-2H3,(H,27,28,29). The van der Waals surface area contributed by atoms with Crippen molar-refractivity contribution in [1.29, 1.82) is 0 Å². The molecule has 2 aromatic carbocycles. The largest absolute Gasteiger partial charge is 0.495 e. The van der Waals surface area contributed by atoms with Crippen molar-refractivity contribution in [1.82, 2.24) is 19.4 Å². The number of pyridine rings is 1. The molecule has 3 heterocycles. The second-order valence-corrected chi connectivity index (χ2v) is 8.55. The summed E-state index contributed by atoms with van der Waals surface area (Å²) in [5.74, 6) is 1.03. The van der Waals surface area contributed by atoms with E-state index in [1.165, 1.54) is 21.8 Å². The SMILES string of the molecule is COc1cc2c(cc1Nc1ncc3c(N)cc(=O)n(-c4cccc(Cl)c4)c3n1)CN(C)CC2. The summed E-state index contributed by atoms with van der Waals surface area (Å²) in [5, 5.41) is 4.34. The maximum absolute atomic E-state index is 12.9. The molecule has 2 aromatic heterocycles. The first-order chi connectivity index (χ1) is 15.9. The Kier molecular flexibility index (Phi) is 5.39. The van der Waals surface area contributed by atoms with Gasteiger partial charge in [0, 0.05) is 36.1 Å². The molecule has 0 aliphatic carbocycles. The normalized spacial score (nSPS) is 13.7. The van der Waals surface area contributed by atoms with Crippen LogP contribution in [0.4, 0.5) is 17.3 Å². The number of anilines is 3. The average molecular weight is 463 g/mol. The molecule has 4 aromatic rings. The highest BCUT2D eigenvalue weighted by Gasteiger charge is 2.18. The van der Waals surface area contributed by atoms with Crippen molar-refractivity contribution >= 4 is 40.0 Å². The van der Waals surface area contributed by atoms with Crippen LogP contribution in [-0.4, -0.2) is 40.1 Å². The number of fused-ring (bicyclic) bond motifs is 2. The number of likely N-dealkylation sites (N-methyl/N-ethyl adjacent to an activating group) is 1. The topological polar surface area (TPSA) is 98.3 Å². The highest BCUT2D eigenvalue weighted by atomic mass is 35.5. The fourth-order valence-corrected chi connectivity index (χ4v) is 4.35. The number of nitrogen functional groups attached to an aromatic ring is 1. The Balaban J connectivity index is 1.63. The Labute approximate surface area is 195 Å². The lowest BCUT2D eigenvalue weighted by Gasteiger charge is -2.26. The van der Waals surface area contributed by atoms with Crippen molar-refractivity contribution in [3.63, 3.8) is 0 Å². The fourth-order valence-electron chi connectivity index (χ4n) is 4.17. The number of rotatable bonds is 4. The zero-order chi connectivity index (χ0) is 23.1. The van der Waals surface area contributed by atoms with Gasteiger partial charge < -0.3 is 20.7 Å². The monoisotopic (exact) mass is 462 g/mol. The van der Waals surface area contributed by atoms with Gasteiger partial charge in [0.05, 0.1) is 23.9 Å². The molecule has 9 heteroatoms. The molecule has 168 valence electrons. The van der Waals surface area contributed by atoms with Gasteiger partial charge in [0.25, 0.3) is 5.56 Å². The molecule has 0 atom stereocenters. The minimum absolute atomic E-state index is 0.304. The van der Waals surface area contributed by atoms with Gasteiger partial charge in [-0.1, -0.05) is 17.7 Å². The third kappa shape index (κ3) is 3.99. The molecule has 0 radical (unpaired) electrons. The van der Waals surface area contributed by atoms with Crippen molar-refractivity contribution in [3.05, 3.63) is 75.2 Å². The number of methoxy groups -OCH3 is 1. The summed E-state index contributed by atoms with van der Waals surface area (Å²) < 4.78 is 7.10. The molecule has 3 N–H and O–H groups in total. The minimum Gasteiger partial charge on any atom is -0.495 e. The van der Waals surface area contributed by atoms with Crippen LogP contribution in [0.25, 0.3) is 16.7 Å². The first-order valence-corrected chi connectivity index (χ1v) is 10.9. The lowest BCUT2D eigenvalue weighted by molar-refractivity contribution is 0.312. The van der Waals surface area contributed by atoms with Crippen LogP contribution in [0.2, 0.25) is 5.02 Å². The van der Waals surface area contributed by atoms with E-state index < -0.39 is 0 Å². The lowest BCUT2D eigenvalue weighted by Crippen LogP contribution is -2.26. The number of hydrogen-bond donors (Lipinski definition) is 2. The van der Waals surface area contributed by atoms with E-state index in [1.807, 2.05) is 0 Å². The molecule has 0 amide bonds. The van der Waals surface area contributed by atoms with E-state index in [-0.39, 0.29) is 5.56 Å². The molecule has 0 saturated carbocycles. The molecule has 0 spiro atoms.